The maximum absolute atomic E-state index is 3.44. The molecule has 0 fully saturated rings. The zero-order chi connectivity index (χ0) is 10.8. The van der Waals surface area contributed by atoms with Gasteiger partial charge in [-0.15, -0.1) is 0 Å². The van der Waals surface area contributed by atoms with Crippen molar-refractivity contribution >= 4 is 0 Å². The third kappa shape index (κ3) is 10.0. The Labute approximate surface area is 90.1 Å². The van der Waals surface area contributed by atoms with Crippen LogP contribution in [0.2, 0.25) is 0 Å². The summed E-state index contributed by atoms with van der Waals surface area (Å²) in [5.74, 6) is 0. The van der Waals surface area contributed by atoms with Crippen LogP contribution < -0.4 is 5.32 Å². The van der Waals surface area contributed by atoms with E-state index in [1.807, 2.05) is 0 Å². The first-order valence-corrected chi connectivity index (χ1v) is 6.08. The molecule has 0 spiro atoms. The van der Waals surface area contributed by atoms with E-state index in [1.54, 1.807) is 0 Å². The number of rotatable bonds is 9. The second-order valence-corrected chi connectivity index (χ2v) is 4.47. The van der Waals surface area contributed by atoms with Gasteiger partial charge in [-0.05, 0) is 45.9 Å². The second-order valence-electron chi connectivity index (χ2n) is 4.47. The van der Waals surface area contributed by atoms with Crippen LogP contribution in [-0.4, -0.2) is 37.6 Å². The third-order valence-electron chi connectivity index (χ3n) is 2.41. The van der Waals surface area contributed by atoms with Crippen molar-refractivity contribution in [2.24, 2.45) is 0 Å². The molecule has 0 aliphatic carbocycles. The van der Waals surface area contributed by atoms with Gasteiger partial charge in [-0.1, -0.05) is 27.2 Å². The van der Waals surface area contributed by atoms with Gasteiger partial charge in [-0.25, -0.2) is 0 Å². The lowest BCUT2D eigenvalue weighted by Crippen LogP contribution is -2.25. The fourth-order valence-corrected chi connectivity index (χ4v) is 1.44. The molecule has 0 aliphatic heterocycles. The maximum atomic E-state index is 3.44. The van der Waals surface area contributed by atoms with Gasteiger partial charge in [-0.2, -0.15) is 0 Å². The highest BCUT2D eigenvalue weighted by Gasteiger charge is 1.97. The van der Waals surface area contributed by atoms with E-state index in [9.17, 15) is 0 Å². The predicted octanol–water partition coefficient (Wildman–Crippen LogP) is 2.50. The molecule has 0 aromatic rings. The Morgan fingerprint density at radius 1 is 1.07 bits per heavy atom. The molecule has 0 amide bonds. The predicted molar refractivity (Wildman–Crippen MR) is 64.8 cm³/mol. The normalized spacial score (nSPS) is 11.6. The molecule has 0 radical (unpaired) electrons. The van der Waals surface area contributed by atoms with E-state index in [-0.39, 0.29) is 0 Å². The topological polar surface area (TPSA) is 15.3 Å². The number of nitrogens with zero attached hydrogens (tertiary/aromatic N) is 1. The lowest BCUT2D eigenvalue weighted by atomic mass is 10.2. The SMILES string of the molecule is CCCCN(C)CCCCNC(C)C. The number of unbranched alkanes of at least 4 members (excludes halogenated alkanes) is 2. The number of nitrogens with one attached hydrogen (secondary N) is 1. The molecule has 2 nitrogen and oxygen atoms in total. The maximum Gasteiger partial charge on any atom is 0.00103 e. The van der Waals surface area contributed by atoms with Crippen molar-refractivity contribution in [2.75, 3.05) is 26.7 Å². The summed E-state index contributed by atoms with van der Waals surface area (Å²) in [6, 6.07) is 0.632. The quantitative estimate of drug-likeness (QED) is 0.575. The summed E-state index contributed by atoms with van der Waals surface area (Å²) in [5.41, 5.74) is 0. The van der Waals surface area contributed by atoms with E-state index in [0.29, 0.717) is 6.04 Å². The van der Waals surface area contributed by atoms with Crippen LogP contribution in [0, 0.1) is 0 Å². The Balaban J connectivity index is 3.10. The van der Waals surface area contributed by atoms with Gasteiger partial charge < -0.3 is 10.2 Å². The van der Waals surface area contributed by atoms with Crippen LogP contribution in [0.4, 0.5) is 0 Å². The Kier molecular flexibility index (Phi) is 9.42. The molecule has 0 saturated carbocycles. The van der Waals surface area contributed by atoms with Crippen molar-refractivity contribution in [1.82, 2.24) is 10.2 Å². The Morgan fingerprint density at radius 2 is 1.71 bits per heavy atom. The summed E-state index contributed by atoms with van der Waals surface area (Å²) >= 11 is 0. The monoisotopic (exact) mass is 200 g/mol. The molecule has 0 heterocycles. The molecule has 0 atom stereocenters. The summed E-state index contributed by atoms with van der Waals surface area (Å²) in [7, 11) is 2.23. The van der Waals surface area contributed by atoms with E-state index in [4.69, 9.17) is 0 Å². The van der Waals surface area contributed by atoms with E-state index in [2.05, 4.69) is 38.0 Å². The molecule has 1 N–H and O–H groups in total. The largest absolute Gasteiger partial charge is 0.315 e. The zero-order valence-electron chi connectivity index (χ0n) is 10.5. The van der Waals surface area contributed by atoms with Crippen LogP contribution in [0.25, 0.3) is 0 Å². The third-order valence-corrected chi connectivity index (χ3v) is 2.41. The van der Waals surface area contributed by atoms with Gasteiger partial charge in [0.2, 0.25) is 0 Å². The van der Waals surface area contributed by atoms with Crippen molar-refractivity contribution in [3.05, 3.63) is 0 Å². The summed E-state index contributed by atoms with van der Waals surface area (Å²) in [6.07, 6.45) is 5.26. The zero-order valence-corrected chi connectivity index (χ0v) is 10.5. The van der Waals surface area contributed by atoms with Crippen LogP contribution in [0.15, 0.2) is 0 Å². The highest BCUT2D eigenvalue weighted by molar-refractivity contribution is 4.56. The minimum atomic E-state index is 0.632. The van der Waals surface area contributed by atoms with Crippen molar-refractivity contribution in [3.8, 4) is 0 Å². The average Bonchev–Trinajstić information content (AvgIpc) is 2.13. The van der Waals surface area contributed by atoms with Crippen molar-refractivity contribution in [1.29, 1.82) is 0 Å². The van der Waals surface area contributed by atoms with E-state index >= 15 is 0 Å². The smallest absolute Gasteiger partial charge is 0.00103 e. The molecule has 0 aliphatic rings. The molecular weight excluding hydrogens is 172 g/mol. The van der Waals surface area contributed by atoms with Gasteiger partial charge in [0.05, 0.1) is 0 Å². The van der Waals surface area contributed by atoms with Gasteiger partial charge in [0.15, 0.2) is 0 Å². The van der Waals surface area contributed by atoms with E-state index in [1.165, 1.54) is 45.3 Å². The van der Waals surface area contributed by atoms with E-state index < -0.39 is 0 Å². The van der Waals surface area contributed by atoms with Gasteiger partial charge in [0.1, 0.15) is 0 Å². The standard InChI is InChI=1S/C12H28N2/c1-5-6-10-14(4)11-8-7-9-13-12(2)3/h12-13H,5-11H2,1-4H3. The lowest BCUT2D eigenvalue weighted by Gasteiger charge is -2.16. The number of hydrogen-bond acceptors (Lipinski definition) is 2. The molecule has 0 bridgehead atoms. The van der Waals surface area contributed by atoms with Crippen LogP contribution in [-0.2, 0) is 0 Å². The minimum absolute atomic E-state index is 0.632. The van der Waals surface area contributed by atoms with E-state index in [0.717, 1.165) is 0 Å². The first-order chi connectivity index (χ1) is 6.66. The lowest BCUT2D eigenvalue weighted by molar-refractivity contribution is 0.318. The van der Waals surface area contributed by atoms with Crippen LogP contribution in [0.3, 0.4) is 0 Å². The highest BCUT2D eigenvalue weighted by Crippen LogP contribution is 1.95. The molecule has 2 heteroatoms. The second kappa shape index (κ2) is 9.47. The molecule has 86 valence electrons. The molecular formula is C12H28N2. The fraction of sp³-hybridized carbons (Fsp3) is 1.00. The summed E-state index contributed by atoms with van der Waals surface area (Å²) < 4.78 is 0. The molecule has 0 aromatic carbocycles. The first-order valence-electron chi connectivity index (χ1n) is 6.08. The first kappa shape index (κ1) is 13.9. The molecule has 14 heavy (non-hydrogen) atoms. The Hall–Kier alpha value is -0.0800. The molecule has 0 aromatic heterocycles. The highest BCUT2D eigenvalue weighted by atomic mass is 15.1. The molecule has 0 saturated heterocycles. The van der Waals surface area contributed by atoms with Gasteiger partial charge >= 0.3 is 0 Å². The van der Waals surface area contributed by atoms with Crippen LogP contribution in [0.1, 0.15) is 46.5 Å². The molecule has 0 rings (SSSR count). The van der Waals surface area contributed by atoms with Crippen LogP contribution >= 0.6 is 0 Å². The number of hydrogen-bond donors (Lipinski definition) is 1. The van der Waals surface area contributed by atoms with Crippen molar-refractivity contribution in [3.63, 3.8) is 0 Å². The molecule has 0 unspecified atom stereocenters. The van der Waals surface area contributed by atoms with Crippen molar-refractivity contribution in [2.45, 2.75) is 52.5 Å². The summed E-state index contributed by atoms with van der Waals surface area (Å²) in [5, 5.41) is 3.44. The van der Waals surface area contributed by atoms with Gasteiger partial charge in [-0.3, -0.25) is 0 Å². The Morgan fingerprint density at radius 3 is 2.29 bits per heavy atom. The van der Waals surface area contributed by atoms with Gasteiger partial charge in [0.25, 0.3) is 0 Å². The minimum Gasteiger partial charge on any atom is -0.315 e. The summed E-state index contributed by atoms with van der Waals surface area (Å²) in [6.45, 7) is 10.3. The fourth-order valence-electron chi connectivity index (χ4n) is 1.44. The Bertz CT molecular complexity index is 113. The van der Waals surface area contributed by atoms with Crippen molar-refractivity contribution < 1.29 is 0 Å². The van der Waals surface area contributed by atoms with Gasteiger partial charge in [0, 0.05) is 6.04 Å². The average molecular weight is 200 g/mol. The summed E-state index contributed by atoms with van der Waals surface area (Å²) in [4.78, 5) is 2.44. The van der Waals surface area contributed by atoms with Crippen LogP contribution in [0.5, 0.6) is 0 Å².